The molecule has 2 aromatic heterocycles. The average molecular weight is 801 g/mol. The molecule has 2 atom stereocenters. The Bertz CT molecular complexity index is 1850. The number of aliphatic carboxylic acids is 2. The molecule has 1 saturated heterocycles. The van der Waals surface area contributed by atoms with Crippen molar-refractivity contribution in [1.29, 1.82) is 0 Å². The van der Waals surface area contributed by atoms with E-state index >= 15 is 0 Å². The number of rotatable bonds is 12. The third-order valence-electron chi connectivity index (χ3n) is 6.60. The highest BCUT2D eigenvalue weighted by molar-refractivity contribution is 8.00. The standard InChI is InChI=1S/C23H30N12O8S2.ClH.H2O4S/c1-23(2,20(40)41)43-31-11(15-30-21(26)45-32-15)16(36)29-12-17(37)35-13(19(38)39)9(8-44-18(12)35)6-34-7-10(14(25)33(34)3)28-22(42)27-5-4-24;;1-5(2,3)4/h7,12,18,25H,4-6,8,24H2,1-3H3,(H7,26,27,28,29,30,32,36,38,39,40,41,42);1H;(H2,1,2,3,4)/b31-11+;;/t12-,18-;;/m0../s1. The number of nitrogens with zero attached hydrogens (tertiary/aromatic N) is 6. The maximum atomic E-state index is 13.3. The van der Waals surface area contributed by atoms with Gasteiger partial charge in [-0.2, -0.15) is 9.36 Å². The molecule has 1 fully saturated rings. The molecule has 0 saturated carbocycles. The van der Waals surface area contributed by atoms with E-state index in [1.165, 1.54) is 36.5 Å². The molecule has 0 aliphatic carbocycles. The van der Waals surface area contributed by atoms with Gasteiger partial charge in [0.25, 0.3) is 11.8 Å². The van der Waals surface area contributed by atoms with Gasteiger partial charge in [-0.25, -0.2) is 22.8 Å². The molecule has 2 aliphatic heterocycles. The fourth-order valence-corrected chi connectivity index (χ4v) is 5.91. The number of amides is 4. The lowest BCUT2D eigenvalue weighted by Gasteiger charge is -2.49. The first kappa shape index (κ1) is 42.4. The number of halogens is 1. The van der Waals surface area contributed by atoms with Gasteiger partial charge in [0.15, 0.2) is 23.2 Å². The number of nitrogens with two attached hydrogens (primary N) is 3. The normalized spacial score (nSPS) is 17.2. The highest BCUT2D eigenvalue weighted by atomic mass is 35.5. The summed E-state index contributed by atoms with van der Waals surface area (Å²) in [4.78, 5) is 72.4. The van der Waals surface area contributed by atoms with Crippen LogP contribution in [-0.4, -0.2) is 118 Å². The predicted molar refractivity (Wildman–Crippen MR) is 179 cm³/mol. The molecule has 0 spiro atoms. The zero-order valence-corrected chi connectivity index (χ0v) is 29.9. The van der Waals surface area contributed by atoms with Crippen LogP contribution < -0.4 is 37.8 Å². The van der Waals surface area contributed by atoms with Crippen LogP contribution in [0.5, 0.6) is 0 Å². The minimum Gasteiger partial charge on any atom is -0.726 e. The van der Waals surface area contributed by atoms with Gasteiger partial charge in [-0.1, -0.05) is 5.16 Å². The van der Waals surface area contributed by atoms with Crippen LogP contribution in [-0.2, 0) is 48.0 Å². The molecule has 2 aromatic rings. The topological polar surface area (TPSA) is 377 Å². The minimum atomic E-state index is -4.92. The summed E-state index contributed by atoms with van der Waals surface area (Å²) in [5, 5.41) is 29.9. The van der Waals surface area contributed by atoms with Crippen molar-refractivity contribution in [2.24, 2.45) is 17.9 Å². The SMILES string of the molecule is Cl.Cn1c(N)c(NC(=O)NCCN)c[n+]1CC1=C(C(=O)O)N2C(=O)[C@H](NC(=O)/C(=N/OC(C)(C)C(=O)O)c3nsc(N)n3)[C@@H]2SC1.O=S(=O)([O-])O. The Kier molecular flexibility index (Phi) is 14.1. The Morgan fingerprint density at radius 1 is 1.25 bits per heavy atom. The molecule has 51 heavy (non-hydrogen) atoms. The number of hydrogen-bond donors (Lipinski definition) is 9. The zero-order chi connectivity index (χ0) is 37.7. The number of aromatic nitrogens is 4. The molecule has 0 radical (unpaired) electrons. The molecule has 0 unspecified atom stereocenters. The summed E-state index contributed by atoms with van der Waals surface area (Å²) >= 11 is 1.96. The molecule has 4 rings (SSSR count). The second-order valence-electron chi connectivity index (χ2n) is 10.6. The number of nitrogens with one attached hydrogen (secondary N) is 3. The fraction of sp³-hybridized carbons (Fsp3) is 0.435. The van der Waals surface area contributed by atoms with E-state index < -0.39 is 62.9 Å². The number of carboxylic acids is 2. The third kappa shape index (κ3) is 10.6. The second kappa shape index (κ2) is 16.9. The molecule has 4 heterocycles. The van der Waals surface area contributed by atoms with Gasteiger partial charge in [-0.3, -0.25) is 24.4 Å². The summed E-state index contributed by atoms with van der Waals surface area (Å²) in [7, 11) is -3.30. The fourth-order valence-electron chi connectivity index (χ4n) is 4.14. The van der Waals surface area contributed by atoms with Crippen LogP contribution in [0, 0.1) is 0 Å². The van der Waals surface area contributed by atoms with E-state index in [-0.39, 0.29) is 66.0 Å². The first-order valence-electron chi connectivity index (χ1n) is 13.7. The Balaban J connectivity index is 0.00000140. The van der Waals surface area contributed by atoms with Gasteiger partial charge in [-0.15, -0.1) is 33.5 Å². The summed E-state index contributed by atoms with van der Waals surface area (Å²) in [5.41, 5.74) is 15.2. The number of oxime groups is 1. The maximum Gasteiger partial charge on any atom is 0.352 e. The van der Waals surface area contributed by atoms with Crippen LogP contribution in [0.3, 0.4) is 0 Å². The number of carbonyl (C=O) groups excluding carboxylic acids is 3. The smallest absolute Gasteiger partial charge is 0.352 e. The van der Waals surface area contributed by atoms with E-state index in [4.69, 9.17) is 39.6 Å². The van der Waals surface area contributed by atoms with Crippen LogP contribution in [0.25, 0.3) is 0 Å². The van der Waals surface area contributed by atoms with E-state index in [2.05, 4.69) is 30.5 Å². The van der Waals surface area contributed by atoms with Crippen molar-refractivity contribution in [3.63, 3.8) is 0 Å². The monoisotopic (exact) mass is 800 g/mol. The maximum absolute atomic E-state index is 13.3. The van der Waals surface area contributed by atoms with Crippen molar-refractivity contribution < 1.29 is 61.2 Å². The van der Waals surface area contributed by atoms with Crippen molar-refractivity contribution in [2.75, 3.05) is 35.6 Å². The number of fused-ring (bicyclic) bond motifs is 1. The molecule has 282 valence electrons. The van der Waals surface area contributed by atoms with Crippen LogP contribution >= 0.6 is 35.7 Å². The highest BCUT2D eigenvalue weighted by Crippen LogP contribution is 2.40. The number of carboxylic acid groups (broad SMARTS) is 2. The Labute approximate surface area is 302 Å². The lowest BCUT2D eigenvalue weighted by molar-refractivity contribution is -0.765. The Morgan fingerprint density at radius 2 is 1.88 bits per heavy atom. The molecular weight excluding hydrogens is 768 g/mol. The lowest BCUT2D eigenvalue weighted by atomic mass is 10.0. The summed E-state index contributed by atoms with van der Waals surface area (Å²) in [6, 6.07) is -1.68. The number of hydrogen-bond acceptors (Lipinski definition) is 17. The van der Waals surface area contributed by atoms with Crippen LogP contribution in [0.15, 0.2) is 22.6 Å². The molecule has 24 nitrogen and oxygen atoms in total. The largest absolute Gasteiger partial charge is 0.726 e. The van der Waals surface area contributed by atoms with E-state index in [0.29, 0.717) is 5.57 Å². The summed E-state index contributed by atoms with van der Waals surface area (Å²) in [6.45, 7) is 2.92. The molecular formula is C23H33ClN12O12S3. The van der Waals surface area contributed by atoms with E-state index in [9.17, 15) is 34.2 Å². The molecule has 12 N–H and O–H groups in total. The average Bonchev–Trinajstić information content (AvgIpc) is 3.55. The van der Waals surface area contributed by atoms with Crippen molar-refractivity contribution in [2.45, 2.75) is 37.4 Å². The lowest BCUT2D eigenvalue weighted by Crippen LogP contribution is -2.71. The highest BCUT2D eigenvalue weighted by Gasteiger charge is 2.55. The van der Waals surface area contributed by atoms with Gasteiger partial charge in [0.2, 0.25) is 33.7 Å². The number of thioether (sulfide) groups is 1. The van der Waals surface area contributed by atoms with E-state index in [1.54, 1.807) is 11.7 Å². The van der Waals surface area contributed by atoms with Gasteiger partial charge in [0.05, 0.1) is 7.05 Å². The van der Waals surface area contributed by atoms with Crippen LogP contribution in [0.2, 0.25) is 0 Å². The first-order chi connectivity index (χ1) is 23.2. The van der Waals surface area contributed by atoms with Gasteiger partial charge in [0, 0.05) is 35.9 Å². The van der Waals surface area contributed by atoms with Crippen LogP contribution in [0.4, 0.5) is 21.4 Å². The van der Waals surface area contributed by atoms with Crippen molar-refractivity contribution in [3.05, 3.63) is 23.3 Å². The van der Waals surface area contributed by atoms with E-state index in [1.807, 2.05) is 0 Å². The molecule has 0 aromatic carbocycles. The van der Waals surface area contributed by atoms with Gasteiger partial charge in [-0.05, 0) is 13.8 Å². The quantitative estimate of drug-likeness (QED) is 0.0256. The number of anilines is 3. The summed E-state index contributed by atoms with van der Waals surface area (Å²) < 4.78 is 39.8. The summed E-state index contributed by atoms with van der Waals surface area (Å²) in [6.07, 6.45) is 1.52. The summed E-state index contributed by atoms with van der Waals surface area (Å²) in [5.74, 6) is -4.28. The minimum absolute atomic E-state index is 0. The Hall–Kier alpha value is -4.80. The number of urea groups is 1. The van der Waals surface area contributed by atoms with Crippen molar-refractivity contribution in [1.82, 2.24) is 29.6 Å². The number of β-lactam (4-membered cyclic amide) rings is 1. The van der Waals surface area contributed by atoms with Crippen LogP contribution in [0.1, 0.15) is 19.7 Å². The van der Waals surface area contributed by atoms with Crippen molar-refractivity contribution >= 4 is 98.2 Å². The van der Waals surface area contributed by atoms with E-state index in [0.717, 1.165) is 16.4 Å². The molecule has 28 heteroatoms. The molecule has 2 aliphatic rings. The number of nitrogen functional groups attached to an aromatic ring is 2. The molecule has 4 amide bonds. The second-order valence-corrected chi connectivity index (χ2v) is 13.3. The predicted octanol–water partition coefficient (Wildman–Crippen LogP) is -3.14. The first-order valence-corrected chi connectivity index (χ1v) is 16.9. The Morgan fingerprint density at radius 3 is 2.41 bits per heavy atom. The zero-order valence-electron chi connectivity index (χ0n) is 26.6. The molecule has 0 bridgehead atoms. The van der Waals surface area contributed by atoms with Gasteiger partial charge in [0.1, 0.15) is 17.1 Å². The number of carbonyl (C=O) groups is 5. The third-order valence-corrected chi connectivity index (χ3v) is 8.49. The van der Waals surface area contributed by atoms with Gasteiger partial charge >= 0.3 is 18.0 Å². The van der Waals surface area contributed by atoms with Crippen molar-refractivity contribution in [3.8, 4) is 0 Å². The van der Waals surface area contributed by atoms with Gasteiger partial charge < -0.3 is 47.4 Å².